The van der Waals surface area contributed by atoms with Crippen LogP contribution in [0.1, 0.15) is 0 Å². The fourth-order valence-electron chi connectivity index (χ4n) is 3.30. The lowest BCUT2D eigenvalue weighted by Crippen LogP contribution is -2.13. The van der Waals surface area contributed by atoms with E-state index in [1.165, 1.54) is 6.07 Å². The topological polar surface area (TPSA) is 90.6 Å². The summed E-state index contributed by atoms with van der Waals surface area (Å²) in [6.07, 6.45) is 0. The third-order valence-electron chi connectivity index (χ3n) is 4.70. The highest BCUT2D eigenvalue weighted by Gasteiger charge is 2.19. The largest absolute Gasteiger partial charge is 0.344 e. The molecular weight excluding hydrogens is 443 g/mol. The van der Waals surface area contributed by atoms with Gasteiger partial charge in [0.1, 0.15) is 5.82 Å². The molecule has 3 aromatic carbocycles. The molecular formula is C21H14Cl2N4O2S. The summed E-state index contributed by atoms with van der Waals surface area (Å²) >= 11 is 12.2. The van der Waals surface area contributed by atoms with E-state index in [1.54, 1.807) is 30.3 Å². The van der Waals surface area contributed by atoms with Crippen molar-refractivity contribution in [1.29, 1.82) is 0 Å². The Bertz CT molecular complexity index is 1510. The fourth-order valence-corrected chi connectivity index (χ4v) is 4.91. The highest BCUT2D eigenvalue weighted by atomic mass is 35.5. The summed E-state index contributed by atoms with van der Waals surface area (Å²) < 4.78 is 28.4. The second kappa shape index (κ2) is 7.05. The molecule has 9 heteroatoms. The van der Waals surface area contributed by atoms with Crippen molar-refractivity contribution in [1.82, 2.24) is 15.0 Å². The SMILES string of the molecule is O=S(=O)(Nc1ccc2nc(-c3ccccc3)[nH]c2c1)c1cc2c(Cl)cc(Cl)cc2[nH]1. The number of halogens is 2. The summed E-state index contributed by atoms with van der Waals surface area (Å²) in [5, 5.41) is 1.38. The first-order valence-electron chi connectivity index (χ1n) is 8.95. The number of nitrogens with zero attached hydrogens (tertiary/aromatic N) is 1. The Kier molecular flexibility index (Phi) is 4.47. The van der Waals surface area contributed by atoms with Crippen molar-refractivity contribution in [2.24, 2.45) is 0 Å². The van der Waals surface area contributed by atoms with Gasteiger partial charge in [0.15, 0.2) is 5.03 Å². The van der Waals surface area contributed by atoms with E-state index in [0.717, 1.165) is 16.6 Å². The number of aromatic amines is 2. The van der Waals surface area contributed by atoms with Crippen LogP contribution in [0.4, 0.5) is 5.69 Å². The van der Waals surface area contributed by atoms with Crippen molar-refractivity contribution in [3.05, 3.63) is 76.8 Å². The van der Waals surface area contributed by atoms with Crippen molar-refractivity contribution in [2.45, 2.75) is 5.03 Å². The number of H-pyrrole nitrogens is 2. The first kappa shape index (κ1) is 19.0. The number of benzene rings is 3. The molecule has 2 aromatic heterocycles. The van der Waals surface area contributed by atoms with E-state index in [9.17, 15) is 8.42 Å². The molecule has 0 saturated heterocycles. The van der Waals surface area contributed by atoms with E-state index in [4.69, 9.17) is 23.2 Å². The van der Waals surface area contributed by atoms with Crippen LogP contribution in [0.5, 0.6) is 0 Å². The number of aromatic nitrogens is 3. The molecule has 0 radical (unpaired) electrons. The van der Waals surface area contributed by atoms with E-state index in [0.29, 0.717) is 32.5 Å². The number of hydrogen-bond acceptors (Lipinski definition) is 3. The molecule has 0 amide bonds. The van der Waals surface area contributed by atoms with Crippen molar-refractivity contribution in [2.75, 3.05) is 4.72 Å². The smallest absolute Gasteiger partial charge is 0.277 e. The highest BCUT2D eigenvalue weighted by Crippen LogP contribution is 2.30. The quantitative estimate of drug-likeness (QED) is 0.318. The van der Waals surface area contributed by atoms with Crippen molar-refractivity contribution >= 4 is 60.8 Å². The second-order valence-electron chi connectivity index (χ2n) is 6.77. The van der Waals surface area contributed by atoms with Gasteiger partial charge >= 0.3 is 0 Å². The molecule has 5 aromatic rings. The maximum absolute atomic E-state index is 12.9. The van der Waals surface area contributed by atoms with Gasteiger partial charge in [-0.15, -0.1) is 0 Å². The monoisotopic (exact) mass is 456 g/mol. The van der Waals surface area contributed by atoms with Crippen LogP contribution in [0, 0.1) is 0 Å². The van der Waals surface area contributed by atoms with E-state index in [-0.39, 0.29) is 5.03 Å². The molecule has 0 fully saturated rings. The summed E-state index contributed by atoms with van der Waals surface area (Å²) in [4.78, 5) is 10.6. The van der Waals surface area contributed by atoms with Gasteiger partial charge in [-0.25, -0.2) is 4.98 Å². The molecule has 0 spiro atoms. The third-order valence-corrected chi connectivity index (χ3v) is 6.53. The molecule has 3 N–H and O–H groups in total. The first-order chi connectivity index (χ1) is 14.4. The summed E-state index contributed by atoms with van der Waals surface area (Å²) in [5.74, 6) is 0.716. The van der Waals surface area contributed by atoms with Crippen molar-refractivity contribution < 1.29 is 8.42 Å². The standard InChI is InChI=1S/C21H14Cl2N4O2S/c22-13-8-16(23)15-11-20(24-18(15)9-13)30(28,29)27-14-6-7-17-19(10-14)26-21(25-17)12-4-2-1-3-5-12/h1-11,24,27H,(H,25,26). The second-order valence-corrected chi connectivity index (χ2v) is 9.27. The molecule has 0 unspecified atom stereocenters. The number of rotatable bonds is 4. The molecule has 0 saturated carbocycles. The van der Waals surface area contributed by atoms with Gasteiger partial charge in [-0.1, -0.05) is 53.5 Å². The van der Waals surface area contributed by atoms with Gasteiger partial charge in [0.2, 0.25) is 0 Å². The van der Waals surface area contributed by atoms with Crippen LogP contribution in [-0.4, -0.2) is 23.4 Å². The first-order valence-corrected chi connectivity index (χ1v) is 11.2. The van der Waals surface area contributed by atoms with Crippen LogP contribution in [-0.2, 0) is 10.0 Å². The van der Waals surface area contributed by atoms with E-state index < -0.39 is 10.0 Å². The molecule has 150 valence electrons. The molecule has 5 rings (SSSR count). The molecule has 0 bridgehead atoms. The van der Waals surface area contributed by atoms with Crippen molar-refractivity contribution in [3.8, 4) is 11.4 Å². The number of anilines is 1. The number of fused-ring (bicyclic) bond motifs is 2. The van der Waals surface area contributed by atoms with Crippen LogP contribution in [0.3, 0.4) is 0 Å². The number of sulfonamides is 1. The molecule has 6 nitrogen and oxygen atoms in total. The number of imidazole rings is 1. The maximum atomic E-state index is 12.9. The summed E-state index contributed by atoms with van der Waals surface area (Å²) in [6.45, 7) is 0. The summed E-state index contributed by atoms with van der Waals surface area (Å²) in [6, 6.07) is 19.5. The van der Waals surface area contributed by atoms with Crippen LogP contribution < -0.4 is 4.72 Å². The lowest BCUT2D eigenvalue weighted by atomic mass is 10.2. The molecule has 30 heavy (non-hydrogen) atoms. The summed E-state index contributed by atoms with van der Waals surface area (Å²) in [5.41, 5.74) is 3.37. The highest BCUT2D eigenvalue weighted by molar-refractivity contribution is 7.92. The predicted octanol–water partition coefficient (Wildman–Crippen LogP) is 5.82. The summed E-state index contributed by atoms with van der Waals surface area (Å²) in [7, 11) is -3.86. The van der Waals surface area contributed by atoms with Gasteiger partial charge in [0, 0.05) is 21.5 Å². The van der Waals surface area contributed by atoms with Gasteiger partial charge in [0.25, 0.3) is 10.0 Å². The normalized spacial score (nSPS) is 11.9. The van der Waals surface area contributed by atoms with Gasteiger partial charge in [-0.3, -0.25) is 4.72 Å². The van der Waals surface area contributed by atoms with Gasteiger partial charge < -0.3 is 9.97 Å². The Balaban J connectivity index is 1.49. The zero-order valence-corrected chi connectivity index (χ0v) is 17.6. The maximum Gasteiger partial charge on any atom is 0.277 e. The van der Waals surface area contributed by atoms with E-state index in [1.807, 2.05) is 30.3 Å². The molecule has 2 heterocycles. The van der Waals surface area contributed by atoms with Gasteiger partial charge in [0.05, 0.1) is 21.7 Å². The fraction of sp³-hybridized carbons (Fsp3) is 0. The third kappa shape index (κ3) is 3.41. The van der Waals surface area contributed by atoms with Crippen LogP contribution in [0.2, 0.25) is 10.0 Å². The van der Waals surface area contributed by atoms with Gasteiger partial charge in [-0.05, 0) is 36.4 Å². The predicted molar refractivity (Wildman–Crippen MR) is 121 cm³/mol. The Morgan fingerprint density at radius 3 is 2.47 bits per heavy atom. The Morgan fingerprint density at radius 2 is 1.67 bits per heavy atom. The van der Waals surface area contributed by atoms with Crippen LogP contribution >= 0.6 is 23.2 Å². The number of hydrogen-bond donors (Lipinski definition) is 3. The Morgan fingerprint density at radius 1 is 0.867 bits per heavy atom. The molecule has 0 aliphatic carbocycles. The minimum Gasteiger partial charge on any atom is -0.344 e. The van der Waals surface area contributed by atoms with Crippen molar-refractivity contribution in [3.63, 3.8) is 0 Å². The molecule has 0 atom stereocenters. The van der Waals surface area contributed by atoms with Crippen LogP contribution in [0.25, 0.3) is 33.3 Å². The zero-order chi connectivity index (χ0) is 20.9. The lowest BCUT2D eigenvalue weighted by Gasteiger charge is -2.06. The molecule has 0 aliphatic rings. The van der Waals surface area contributed by atoms with Crippen LogP contribution in [0.15, 0.2) is 71.8 Å². The van der Waals surface area contributed by atoms with E-state index in [2.05, 4.69) is 19.7 Å². The van der Waals surface area contributed by atoms with E-state index >= 15 is 0 Å². The Labute approximate surface area is 181 Å². The molecule has 0 aliphatic heterocycles. The minimum absolute atomic E-state index is 0.00338. The zero-order valence-electron chi connectivity index (χ0n) is 15.3. The Hall–Kier alpha value is -3.00. The minimum atomic E-state index is -3.86. The van der Waals surface area contributed by atoms with Gasteiger partial charge in [-0.2, -0.15) is 8.42 Å². The average molecular weight is 457 g/mol. The lowest BCUT2D eigenvalue weighted by molar-refractivity contribution is 0.598. The number of nitrogens with one attached hydrogen (secondary N) is 3. The average Bonchev–Trinajstić information content (AvgIpc) is 3.33.